The standard InChI is InChI=1S/C5H13NO3S/c1-3-5(4-6)9-10(2,7)8/h5H,3-4,6H2,1-2H3. The molecule has 0 aromatic carbocycles. The minimum Gasteiger partial charge on any atom is -0.328 e. The summed E-state index contributed by atoms with van der Waals surface area (Å²) in [6.45, 7) is 2.06. The van der Waals surface area contributed by atoms with Gasteiger partial charge in [-0.3, -0.25) is 4.18 Å². The lowest BCUT2D eigenvalue weighted by Gasteiger charge is -2.10. The number of hydrogen-bond acceptors (Lipinski definition) is 4. The van der Waals surface area contributed by atoms with Crippen molar-refractivity contribution in [1.82, 2.24) is 0 Å². The van der Waals surface area contributed by atoms with E-state index in [4.69, 9.17) is 5.73 Å². The van der Waals surface area contributed by atoms with Gasteiger partial charge in [-0.25, -0.2) is 0 Å². The van der Waals surface area contributed by atoms with Gasteiger partial charge in [-0.1, -0.05) is 6.92 Å². The van der Waals surface area contributed by atoms with Gasteiger partial charge in [-0.15, -0.1) is 0 Å². The van der Waals surface area contributed by atoms with Crippen LogP contribution in [0.25, 0.3) is 0 Å². The zero-order valence-electron chi connectivity index (χ0n) is 6.20. The highest BCUT2D eigenvalue weighted by atomic mass is 32.2. The molecule has 0 amide bonds. The summed E-state index contributed by atoms with van der Waals surface area (Å²) < 4.78 is 25.5. The van der Waals surface area contributed by atoms with E-state index in [1.54, 1.807) is 0 Å². The highest BCUT2D eigenvalue weighted by molar-refractivity contribution is 7.86. The van der Waals surface area contributed by atoms with Gasteiger partial charge >= 0.3 is 0 Å². The topological polar surface area (TPSA) is 69.4 Å². The molecule has 0 heterocycles. The van der Waals surface area contributed by atoms with Gasteiger partial charge < -0.3 is 5.73 Å². The minimum atomic E-state index is -3.33. The zero-order chi connectivity index (χ0) is 8.20. The molecule has 0 radical (unpaired) electrons. The first-order chi connectivity index (χ1) is 4.49. The molecule has 0 aromatic rings. The fraction of sp³-hybridized carbons (Fsp3) is 1.00. The maximum atomic E-state index is 10.5. The van der Waals surface area contributed by atoms with Gasteiger partial charge in [-0.05, 0) is 6.42 Å². The van der Waals surface area contributed by atoms with Gasteiger partial charge in [0.15, 0.2) is 0 Å². The molecule has 5 heteroatoms. The van der Waals surface area contributed by atoms with Crippen LogP contribution >= 0.6 is 0 Å². The molecule has 4 nitrogen and oxygen atoms in total. The molecule has 0 saturated carbocycles. The summed E-state index contributed by atoms with van der Waals surface area (Å²) in [5.41, 5.74) is 5.20. The maximum absolute atomic E-state index is 10.5. The predicted molar refractivity (Wildman–Crippen MR) is 39.1 cm³/mol. The monoisotopic (exact) mass is 167 g/mol. The van der Waals surface area contributed by atoms with Crippen LogP contribution in [0.5, 0.6) is 0 Å². The number of nitrogens with two attached hydrogens (primary N) is 1. The normalized spacial score (nSPS) is 15.1. The van der Waals surface area contributed by atoms with Gasteiger partial charge in [-0.2, -0.15) is 8.42 Å². The van der Waals surface area contributed by atoms with E-state index < -0.39 is 10.1 Å². The second-order valence-electron chi connectivity index (χ2n) is 2.07. The van der Waals surface area contributed by atoms with Crippen molar-refractivity contribution in [2.45, 2.75) is 19.4 Å². The molecule has 62 valence electrons. The largest absolute Gasteiger partial charge is 0.328 e. The second-order valence-corrected chi connectivity index (χ2v) is 3.67. The second kappa shape index (κ2) is 3.90. The Morgan fingerprint density at radius 3 is 2.20 bits per heavy atom. The fourth-order valence-corrected chi connectivity index (χ4v) is 1.23. The third-order valence-electron chi connectivity index (χ3n) is 1.03. The van der Waals surface area contributed by atoms with Crippen LogP contribution in [0.1, 0.15) is 13.3 Å². The van der Waals surface area contributed by atoms with E-state index in [1.807, 2.05) is 6.92 Å². The number of hydrogen-bond donors (Lipinski definition) is 1. The van der Waals surface area contributed by atoms with Crippen LogP contribution in [0.15, 0.2) is 0 Å². The predicted octanol–water partition coefficient (Wildman–Crippen LogP) is -0.300. The Morgan fingerprint density at radius 1 is 1.60 bits per heavy atom. The molecule has 10 heavy (non-hydrogen) atoms. The van der Waals surface area contributed by atoms with Crippen LogP contribution in [-0.4, -0.2) is 27.3 Å². The summed E-state index contributed by atoms with van der Waals surface area (Å²) in [7, 11) is -3.33. The summed E-state index contributed by atoms with van der Waals surface area (Å²) in [6, 6.07) is 0. The molecular formula is C5H13NO3S. The molecule has 0 bridgehead atoms. The van der Waals surface area contributed by atoms with Crippen molar-refractivity contribution in [2.75, 3.05) is 12.8 Å². The molecular weight excluding hydrogens is 154 g/mol. The number of rotatable bonds is 4. The van der Waals surface area contributed by atoms with E-state index >= 15 is 0 Å². The van der Waals surface area contributed by atoms with Crippen molar-refractivity contribution in [3.63, 3.8) is 0 Å². The molecule has 1 unspecified atom stereocenters. The Hall–Kier alpha value is -0.130. The Labute approximate surface area is 61.5 Å². The SMILES string of the molecule is CCC(CN)OS(C)(=O)=O. The molecule has 1 atom stereocenters. The van der Waals surface area contributed by atoms with Gasteiger partial charge in [0.2, 0.25) is 0 Å². The summed E-state index contributed by atoms with van der Waals surface area (Å²) in [5, 5.41) is 0. The molecule has 0 aliphatic heterocycles. The zero-order valence-corrected chi connectivity index (χ0v) is 7.02. The van der Waals surface area contributed by atoms with E-state index in [0.29, 0.717) is 6.42 Å². The van der Waals surface area contributed by atoms with Gasteiger partial charge in [0, 0.05) is 6.54 Å². The lowest BCUT2D eigenvalue weighted by atomic mass is 10.3. The van der Waals surface area contributed by atoms with Crippen molar-refractivity contribution in [3.05, 3.63) is 0 Å². The van der Waals surface area contributed by atoms with Crippen molar-refractivity contribution in [1.29, 1.82) is 0 Å². The van der Waals surface area contributed by atoms with Gasteiger partial charge in [0.25, 0.3) is 10.1 Å². The smallest absolute Gasteiger partial charge is 0.264 e. The fourth-order valence-electron chi connectivity index (χ4n) is 0.521. The quantitative estimate of drug-likeness (QED) is 0.584. The minimum absolute atomic E-state index is 0.240. The van der Waals surface area contributed by atoms with E-state index in [0.717, 1.165) is 6.26 Å². The van der Waals surface area contributed by atoms with E-state index in [2.05, 4.69) is 4.18 Å². The van der Waals surface area contributed by atoms with Crippen molar-refractivity contribution in [2.24, 2.45) is 5.73 Å². The lowest BCUT2D eigenvalue weighted by molar-refractivity contribution is 0.215. The summed E-state index contributed by atoms with van der Waals surface area (Å²) >= 11 is 0. The van der Waals surface area contributed by atoms with Crippen LogP contribution < -0.4 is 5.73 Å². The van der Waals surface area contributed by atoms with Crippen LogP contribution in [0.3, 0.4) is 0 Å². The van der Waals surface area contributed by atoms with Crippen LogP contribution in [0.4, 0.5) is 0 Å². The molecule has 0 rings (SSSR count). The Morgan fingerprint density at radius 2 is 2.10 bits per heavy atom. The van der Waals surface area contributed by atoms with Gasteiger partial charge in [0.05, 0.1) is 12.4 Å². The first-order valence-electron chi connectivity index (χ1n) is 3.08. The first kappa shape index (κ1) is 9.87. The van der Waals surface area contributed by atoms with Crippen molar-refractivity contribution >= 4 is 10.1 Å². The summed E-state index contributed by atoms with van der Waals surface area (Å²) in [5.74, 6) is 0. The average Bonchev–Trinajstić information content (AvgIpc) is 1.81. The molecule has 0 aliphatic rings. The van der Waals surface area contributed by atoms with Crippen LogP contribution in [-0.2, 0) is 14.3 Å². The Kier molecular flexibility index (Phi) is 3.85. The van der Waals surface area contributed by atoms with Crippen LogP contribution in [0.2, 0.25) is 0 Å². The summed E-state index contributed by atoms with van der Waals surface area (Å²) in [4.78, 5) is 0. The van der Waals surface area contributed by atoms with E-state index in [-0.39, 0.29) is 12.6 Å². The molecule has 0 saturated heterocycles. The van der Waals surface area contributed by atoms with Crippen molar-refractivity contribution < 1.29 is 12.6 Å². The third-order valence-corrected chi connectivity index (χ3v) is 1.65. The van der Waals surface area contributed by atoms with E-state index in [9.17, 15) is 8.42 Å². The molecule has 0 spiro atoms. The lowest BCUT2D eigenvalue weighted by Crippen LogP contribution is -2.25. The first-order valence-corrected chi connectivity index (χ1v) is 4.89. The van der Waals surface area contributed by atoms with Crippen LogP contribution in [0, 0.1) is 0 Å². The van der Waals surface area contributed by atoms with E-state index in [1.165, 1.54) is 0 Å². The molecule has 0 fully saturated rings. The molecule has 0 aliphatic carbocycles. The third kappa shape index (κ3) is 4.72. The Bertz CT molecular complexity index is 171. The highest BCUT2D eigenvalue weighted by Crippen LogP contribution is 1.99. The molecule has 2 N–H and O–H groups in total. The highest BCUT2D eigenvalue weighted by Gasteiger charge is 2.10. The summed E-state index contributed by atoms with van der Waals surface area (Å²) in [6.07, 6.45) is 1.27. The van der Waals surface area contributed by atoms with Gasteiger partial charge in [0.1, 0.15) is 0 Å². The molecule has 0 aromatic heterocycles. The Balaban J connectivity index is 3.87. The average molecular weight is 167 g/mol. The maximum Gasteiger partial charge on any atom is 0.264 e. The van der Waals surface area contributed by atoms with Crippen molar-refractivity contribution in [3.8, 4) is 0 Å².